The van der Waals surface area contributed by atoms with Gasteiger partial charge in [0.15, 0.2) is 17.0 Å². The van der Waals surface area contributed by atoms with E-state index < -0.39 is 28.4 Å². The molecule has 6 atom stereocenters. The van der Waals surface area contributed by atoms with Crippen LogP contribution in [0, 0.1) is 11.8 Å². The lowest BCUT2D eigenvalue weighted by atomic mass is 9.49. The van der Waals surface area contributed by atoms with Crippen LogP contribution in [0.3, 0.4) is 0 Å². The second-order valence-electron chi connectivity index (χ2n) is 17.2. The van der Waals surface area contributed by atoms with Crippen LogP contribution in [-0.2, 0) is 25.5 Å². The number of nitrogens with one attached hydrogen (secondary N) is 1. The average Bonchev–Trinajstić information content (AvgIpc) is 3.23. The Morgan fingerprint density at radius 1 is 1.04 bits per heavy atom. The van der Waals surface area contributed by atoms with Crippen molar-refractivity contribution < 1.29 is 33.3 Å². The van der Waals surface area contributed by atoms with Crippen molar-refractivity contribution in [2.24, 2.45) is 11.8 Å². The van der Waals surface area contributed by atoms with Gasteiger partial charge in [0.1, 0.15) is 28.4 Å². The van der Waals surface area contributed by atoms with E-state index in [0.29, 0.717) is 29.9 Å². The van der Waals surface area contributed by atoms with Gasteiger partial charge in [-0.2, -0.15) is 0 Å². The number of halogens is 1. The Morgan fingerprint density at radius 3 is 2.50 bits per heavy atom. The van der Waals surface area contributed by atoms with Crippen molar-refractivity contribution >= 4 is 56.9 Å². The second kappa shape index (κ2) is 14.0. The van der Waals surface area contributed by atoms with Crippen LogP contribution >= 0.6 is 27.7 Å². The maximum Gasteiger partial charge on any atom is 0.333 e. The van der Waals surface area contributed by atoms with Gasteiger partial charge >= 0.3 is 5.97 Å². The maximum absolute atomic E-state index is 15.4. The first-order valence-corrected chi connectivity index (χ1v) is 21.6. The Kier molecular flexibility index (Phi) is 9.76. The van der Waals surface area contributed by atoms with E-state index in [4.69, 9.17) is 23.7 Å². The third-order valence-corrected chi connectivity index (χ3v) is 14.2. The fourth-order valence-corrected chi connectivity index (χ4v) is 11.8. The van der Waals surface area contributed by atoms with Crippen LogP contribution in [0.5, 0.6) is 17.2 Å². The highest BCUT2D eigenvalue weighted by Gasteiger charge is 2.83. The summed E-state index contributed by atoms with van der Waals surface area (Å²) in [5, 5.41) is 3.71. The monoisotopic (exact) mass is 841 g/mol. The lowest BCUT2D eigenvalue weighted by Gasteiger charge is -2.61. The quantitative estimate of drug-likeness (QED) is 0.109. The molecule has 3 saturated carbocycles. The van der Waals surface area contributed by atoms with E-state index in [1.165, 1.54) is 12.7 Å². The molecule has 9 rings (SSSR count). The molecular weight excluding hydrogens is 790 g/mol. The first-order chi connectivity index (χ1) is 26.6. The third-order valence-electron chi connectivity index (χ3n) is 12.6. The van der Waals surface area contributed by atoms with Gasteiger partial charge in [0, 0.05) is 45.1 Å². The van der Waals surface area contributed by atoms with Crippen molar-refractivity contribution in [2.75, 3.05) is 17.9 Å². The number of thioether (sulfide) groups is 1. The number of methoxy groups -OCH3 is 1. The average molecular weight is 843 g/mol. The Labute approximate surface area is 343 Å². The lowest BCUT2D eigenvalue weighted by Crippen LogP contribution is -2.75. The summed E-state index contributed by atoms with van der Waals surface area (Å²) in [6, 6.07) is 8.30. The zero-order valence-electron chi connectivity index (χ0n) is 33.8. The highest BCUT2D eigenvalue weighted by molar-refractivity contribution is 9.09. The minimum atomic E-state index is -1.42. The molecule has 2 aromatic carbocycles. The number of fused-ring (bicyclic) bond motifs is 4. The summed E-state index contributed by atoms with van der Waals surface area (Å²) in [6.45, 7) is 16.5. The molecule has 0 aromatic heterocycles. The molecular formula is C46H52BrNO7S. The molecule has 1 spiro atoms. The van der Waals surface area contributed by atoms with Gasteiger partial charge in [-0.1, -0.05) is 41.5 Å². The molecule has 1 N–H and O–H groups in total. The third kappa shape index (κ3) is 5.78. The van der Waals surface area contributed by atoms with Crippen LogP contribution in [0.2, 0.25) is 0 Å². The van der Waals surface area contributed by atoms with Gasteiger partial charge in [0.05, 0.1) is 35.2 Å². The van der Waals surface area contributed by atoms with Crippen LogP contribution in [-0.4, -0.2) is 52.0 Å². The van der Waals surface area contributed by atoms with Gasteiger partial charge in [-0.05, 0) is 121 Å². The molecule has 56 heavy (non-hydrogen) atoms. The van der Waals surface area contributed by atoms with Crippen LogP contribution in [0.4, 0.5) is 5.69 Å². The normalized spacial score (nSPS) is 29.7. The molecule has 10 heteroatoms. The zero-order valence-corrected chi connectivity index (χ0v) is 36.2. The molecule has 3 aliphatic carbocycles. The van der Waals surface area contributed by atoms with Crippen LogP contribution in [0.25, 0.3) is 11.8 Å². The van der Waals surface area contributed by atoms with Gasteiger partial charge in [0.2, 0.25) is 0 Å². The molecule has 0 amide bonds. The van der Waals surface area contributed by atoms with E-state index in [1.807, 2.05) is 12.1 Å². The summed E-state index contributed by atoms with van der Waals surface area (Å²) in [6.07, 6.45) is 13.5. The summed E-state index contributed by atoms with van der Waals surface area (Å²) < 4.78 is 34.0. The molecule has 1 saturated heterocycles. The number of allylic oxidation sites excluding steroid dienone is 4. The predicted molar refractivity (Wildman–Crippen MR) is 226 cm³/mol. The molecule has 7 aliphatic rings. The number of esters is 1. The standard InChI is InChI=1S/C46H52BrNO7S/c1-25(2)13-12-20-44(8)21-19-29-37(53-44)28(17-16-26(3)4)39-34(38(29)52-24-47)36-35-40(56-32-15-11-10-14-31(32)48-36)30-23-33-43(6,7)55-45(41(30)49,46(33,35)54-39)22-18-27(5)42(50)51-9/h10-11,13-16,18-19,21,30,33,40,48H,12,17,20,22-24H2,1-9H3/b27-18-. The van der Waals surface area contributed by atoms with Gasteiger partial charge < -0.3 is 29.0 Å². The van der Waals surface area contributed by atoms with Crippen molar-refractivity contribution in [3.8, 4) is 17.2 Å². The smallest absolute Gasteiger partial charge is 0.333 e. The van der Waals surface area contributed by atoms with Crippen molar-refractivity contribution in [1.82, 2.24) is 0 Å². The summed E-state index contributed by atoms with van der Waals surface area (Å²) in [4.78, 5) is 29.3. The number of hydrogen-bond acceptors (Lipinski definition) is 9. The number of para-hydroxylation sites is 1. The number of ketones is 1. The number of rotatable bonds is 10. The van der Waals surface area contributed by atoms with Gasteiger partial charge in [-0.15, -0.1) is 11.8 Å². The van der Waals surface area contributed by atoms with Crippen LogP contribution in [0.1, 0.15) is 97.8 Å². The number of anilines is 1. The first-order valence-electron chi connectivity index (χ1n) is 19.6. The Balaban J connectivity index is 1.46. The van der Waals surface area contributed by atoms with Gasteiger partial charge in [-0.25, -0.2) is 4.79 Å². The SMILES string of the molecule is COC(=O)/C(C)=C\CC12OC(C)(C)C3CC(C1=O)C1Sc4ccccc4NC4=C1C32Oc1c(CC=C(C)C)c2c(c(OCBr)c14)C=CC(C)(CCC=C(C)C)O2. The maximum atomic E-state index is 15.4. The number of carbonyl (C=O) groups excluding carboxylic acids is 2. The topological polar surface area (TPSA) is 92.3 Å². The first kappa shape index (κ1) is 39.1. The molecule has 4 aliphatic heterocycles. The number of benzene rings is 2. The largest absolute Gasteiger partial charge is 0.482 e. The second-order valence-corrected chi connectivity index (χ2v) is 18.9. The highest BCUT2D eigenvalue weighted by Crippen LogP contribution is 2.73. The van der Waals surface area contributed by atoms with E-state index in [-0.39, 0.29) is 34.8 Å². The predicted octanol–water partition coefficient (Wildman–Crippen LogP) is 10.5. The van der Waals surface area contributed by atoms with Crippen molar-refractivity contribution in [2.45, 2.75) is 120 Å². The fraction of sp³-hybridized carbons (Fsp3) is 0.478. The molecule has 6 unspecified atom stereocenters. The van der Waals surface area contributed by atoms with E-state index in [2.05, 4.69) is 106 Å². The minimum absolute atomic E-state index is 0.0171. The van der Waals surface area contributed by atoms with Gasteiger partial charge in [-0.3, -0.25) is 4.79 Å². The lowest BCUT2D eigenvalue weighted by molar-refractivity contribution is -0.176. The Hall–Kier alpha value is -3.73. The van der Waals surface area contributed by atoms with E-state index in [1.54, 1.807) is 24.8 Å². The summed E-state index contributed by atoms with van der Waals surface area (Å²) in [5.74, 6) is 1.04. The zero-order chi connectivity index (χ0) is 39.9. The van der Waals surface area contributed by atoms with Crippen molar-refractivity contribution in [1.29, 1.82) is 0 Å². The highest BCUT2D eigenvalue weighted by atomic mass is 79.9. The van der Waals surface area contributed by atoms with Gasteiger partial charge in [0.25, 0.3) is 0 Å². The summed E-state index contributed by atoms with van der Waals surface area (Å²) in [5.41, 5.74) is 4.56. The molecule has 4 fully saturated rings. The minimum Gasteiger partial charge on any atom is -0.482 e. The fourth-order valence-electron chi connectivity index (χ4n) is 10.0. The summed E-state index contributed by atoms with van der Waals surface area (Å²) >= 11 is 5.33. The van der Waals surface area contributed by atoms with Crippen molar-refractivity contribution in [3.63, 3.8) is 0 Å². The number of alkyl halides is 1. The molecule has 2 aromatic rings. The van der Waals surface area contributed by atoms with E-state index in [0.717, 1.165) is 62.7 Å². The molecule has 0 radical (unpaired) electrons. The molecule has 4 heterocycles. The number of Topliss-reactive ketones (excluding diaryl/α,β-unsaturated/α-hetero) is 1. The molecule has 296 valence electrons. The number of ether oxygens (including phenoxy) is 5. The summed E-state index contributed by atoms with van der Waals surface area (Å²) in [7, 11) is 1.37. The van der Waals surface area contributed by atoms with Crippen molar-refractivity contribution in [3.05, 3.63) is 87.6 Å². The molecule has 4 bridgehead atoms. The van der Waals surface area contributed by atoms with Crippen LogP contribution in [0.15, 0.2) is 75.8 Å². The van der Waals surface area contributed by atoms with E-state index >= 15 is 4.79 Å². The Morgan fingerprint density at radius 2 is 1.79 bits per heavy atom. The van der Waals surface area contributed by atoms with Crippen LogP contribution < -0.4 is 19.5 Å². The Bertz CT molecular complexity index is 2190. The number of carbonyl (C=O) groups is 2. The van der Waals surface area contributed by atoms with E-state index in [9.17, 15) is 4.79 Å². The molecule has 8 nitrogen and oxygen atoms in total. The number of hydrogen-bond donors (Lipinski definition) is 1.